The van der Waals surface area contributed by atoms with Crippen LogP contribution in [0.3, 0.4) is 0 Å². The van der Waals surface area contributed by atoms with E-state index in [0.29, 0.717) is 5.69 Å². The highest BCUT2D eigenvalue weighted by molar-refractivity contribution is 5.88. The highest BCUT2D eigenvalue weighted by atomic mass is 16.6. The summed E-state index contributed by atoms with van der Waals surface area (Å²) in [5.41, 5.74) is 1.07. The van der Waals surface area contributed by atoms with Gasteiger partial charge >= 0.3 is 5.97 Å². The molecule has 0 saturated heterocycles. The summed E-state index contributed by atoms with van der Waals surface area (Å²) < 4.78 is 5.25. The lowest BCUT2D eigenvalue weighted by Gasteiger charge is -2.18. The van der Waals surface area contributed by atoms with Gasteiger partial charge in [-0.1, -0.05) is 30.3 Å². The summed E-state index contributed by atoms with van der Waals surface area (Å²) in [4.78, 5) is 11.9. The molecule has 5 nitrogen and oxygen atoms in total. The first kappa shape index (κ1) is 13.1. The number of nitrogens with zero attached hydrogens (tertiary/aromatic N) is 3. The molecule has 2 aromatic rings. The number of hydrogen-bond donors (Lipinski definition) is 0. The van der Waals surface area contributed by atoms with Crippen molar-refractivity contribution < 1.29 is 9.53 Å². The van der Waals surface area contributed by atoms with Crippen molar-refractivity contribution in [3.8, 4) is 11.3 Å². The summed E-state index contributed by atoms with van der Waals surface area (Å²) in [7, 11) is 0. The molecule has 5 heteroatoms. The standard InChI is InChI=1S/C14H15N3O2/c1-14(2,3)19-13(18)12-9-11(15-17-16-12)10-7-5-4-6-8-10/h4-9H,1-3H3. The van der Waals surface area contributed by atoms with Crippen molar-refractivity contribution in [1.82, 2.24) is 15.4 Å². The Balaban J connectivity index is 2.28. The minimum absolute atomic E-state index is 0.156. The van der Waals surface area contributed by atoms with E-state index in [1.165, 1.54) is 0 Å². The van der Waals surface area contributed by atoms with Crippen molar-refractivity contribution >= 4 is 5.97 Å². The Labute approximate surface area is 111 Å². The van der Waals surface area contributed by atoms with Crippen LogP contribution in [0.1, 0.15) is 31.3 Å². The zero-order valence-electron chi connectivity index (χ0n) is 11.1. The molecule has 98 valence electrons. The zero-order chi connectivity index (χ0) is 13.9. The third-order valence-electron chi connectivity index (χ3n) is 2.26. The fraction of sp³-hybridized carbons (Fsp3) is 0.286. The maximum absolute atomic E-state index is 11.9. The van der Waals surface area contributed by atoms with Gasteiger partial charge in [0.05, 0.1) is 5.69 Å². The van der Waals surface area contributed by atoms with Gasteiger partial charge in [-0.2, -0.15) is 0 Å². The van der Waals surface area contributed by atoms with Gasteiger partial charge in [0.2, 0.25) is 0 Å². The number of esters is 1. The van der Waals surface area contributed by atoms with Crippen molar-refractivity contribution in [3.05, 3.63) is 42.1 Å². The fourth-order valence-corrected chi connectivity index (χ4v) is 1.49. The predicted octanol–water partition coefficient (Wildman–Crippen LogP) is 2.49. The molecule has 0 atom stereocenters. The van der Waals surface area contributed by atoms with E-state index in [9.17, 15) is 4.79 Å². The summed E-state index contributed by atoms with van der Waals surface area (Å²) >= 11 is 0. The maximum Gasteiger partial charge on any atom is 0.359 e. The van der Waals surface area contributed by atoms with Crippen molar-refractivity contribution in [2.45, 2.75) is 26.4 Å². The van der Waals surface area contributed by atoms with Crippen LogP contribution in [0, 0.1) is 0 Å². The van der Waals surface area contributed by atoms with E-state index in [-0.39, 0.29) is 5.69 Å². The van der Waals surface area contributed by atoms with Crippen LogP contribution in [-0.4, -0.2) is 27.0 Å². The number of hydrogen-bond acceptors (Lipinski definition) is 5. The number of carbonyl (C=O) groups is 1. The summed E-state index contributed by atoms with van der Waals surface area (Å²) in [6.45, 7) is 5.41. The van der Waals surface area contributed by atoms with Crippen molar-refractivity contribution in [2.75, 3.05) is 0 Å². The zero-order valence-corrected chi connectivity index (χ0v) is 11.1. The van der Waals surface area contributed by atoms with Crippen LogP contribution >= 0.6 is 0 Å². The molecule has 0 saturated carbocycles. The minimum Gasteiger partial charge on any atom is -0.455 e. The van der Waals surface area contributed by atoms with Crippen molar-refractivity contribution in [1.29, 1.82) is 0 Å². The number of rotatable bonds is 2. The van der Waals surface area contributed by atoms with E-state index in [1.807, 2.05) is 30.3 Å². The number of benzene rings is 1. The Kier molecular flexibility index (Phi) is 3.55. The maximum atomic E-state index is 11.9. The van der Waals surface area contributed by atoms with Crippen LogP contribution in [0.2, 0.25) is 0 Å². The Morgan fingerprint density at radius 2 is 1.79 bits per heavy atom. The quantitative estimate of drug-likeness (QED) is 0.773. The molecule has 0 aliphatic carbocycles. The van der Waals surface area contributed by atoms with E-state index < -0.39 is 11.6 Å². The monoisotopic (exact) mass is 257 g/mol. The first-order valence-electron chi connectivity index (χ1n) is 5.95. The second-order valence-corrected chi connectivity index (χ2v) is 5.07. The average Bonchev–Trinajstić information content (AvgIpc) is 2.38. The van der Waals surface area contributed by atoms with Crippen LogP contribution in [0.15, 0.2) is 36.4 Å². The lowest BCUT2D eigenvalue weighted by atomic mass is 10.1. The van der Waals surface area contributed by atoms with Crippen LogP contribution in [0.5, 0.6) is 0 Å². The topological polar surface area (TPSA) is 65.0 Å². The van der Waals surface area contributed by atoms with Gasteiger partial charge in [0.15, 0.2) is 5.69 Å². The third-order valence-corrected chi connectivity index (χ3v) is 2.26. The molecule has 2 rings (SSSR count). The fourth-order valence-electron chi connectivity index (χ4n) is 1.49. The van der Waals surface area contributed by atoms with Gasteiger partial charge in [-0.25, -0.2) is 4.79 Å². The molecule has 0 bridgehead atoms. The van der Waals surface area contributed by atoms with Crippen LogP contribution in [0.4, 0.5) is 0 Å². The van der Waals surface area contributed by atoms with Gasteiger partial charge in [0.1, 0.15) is 5.60 Å². The summed E-state index contributed by atoms with van der Waals surface area (Å²) in [6, 6.07) is 11.1. The number of aromatic nitrogens is 3. The van der Waals surface area contributed by atoms with Crippen LogP contribution in [0.25, 0.3) is 11.3 Å². The number of carbonyl (C=O) groups excluding carboxylic acids is 1. The van der Waals surface area contributed by atoms with Gasteiger partial charge in [-0.05, 0) is 26.0 Å². The Hall–Kier alpha value is -2.30. The van der Waals surface area contributed by atoms with Crippen molar-refractivity contribution in [2.24, 2.45) is 0 Å². The molecule has 0 N–H and O–H groups in total. The molecule has 19 heavy (non-hydrogen) atoms. The van der Waals surface area contributed by atoms with E-state index in [4.69, 9.17) is 4.74 Å². The second-order valence-electron chi connectivity index (χ2n) is 5.07. The van der Waals surface area contributed by atoms with Gasteiger partial charge < -0.3 is 4.74 Å². The largest absolute Gasteiger partial charge is 0.455 e. The molecule has 1 aromatic heterocycles. The smallest absolute Gasteiger partial charge is 0.359 e. The number of ether oxygens (including phenoxy) is 1. The lowest BCUT2D eigenvalue weighted by Crippen LogP contribution is -2.24. The molecule has 0 radical (unpaired) electrons. The average molecular weight is 257 g/mol. The minimum atomic E-state index is -0.561. The van der Waals surface area contributed by atoms with Crippen LogP contribution in [-0.2, 0) is 4.74 Å². The highest BCUT2D eigenvalue weighted by Crippen LogP contribution is 2.17. The molecular formula is C14H15N3O2. The van der Waals surface area contributed by atoms with Gasteiger partial charge in [0.25, 0.3) is 0 Å². The molecule has 0 aliphatic rings. The Bertz CT molecular complexity index is 577. The molecule has 1 heterocycles. The molecule has 1 aromatic carbocycles. The first-order chi connectivity index (χ1) is 8.96. The molecular weight excluding hydrogens is 242 g/mol. The Morgan fingerprint density at radius 3 is 2.42 bits per heavy atom. The van der Waals surface area contributed by atoms with E-state index in [2.05, 4.69) is 15.4 Å². The summed E-state index contributed by atoms with van der Waals surface area (Å²) in [6.07, 6.45) is 0. The normalized spacial score (nSPS) is 11.1. The SMILES string of the molecule is CC(C)(C)OC(=O)c1cc(-c2ccccc2)nnn1. The summed E-state index contributed by atoms with van der Waals surface area (Å²) in [5, 5.41) is 11.2. The molecule has 0 aliphatic heterocycles. The van der Waals surface area contributed by atoms with E-state index in [0.717, 1.165) is 5.56 Å². The lowest BCUT2D eigenvalue weighted by molar-refractivity contribution is 0.00611. The molecule has 0 spiro atoms. The molecule has 0 amide bonds. The summed E-state index contributed by atoms with van der Waals surface area (Å²) in [5.74, 6) is -0.500. The Morgan fingerprint density at radius 1 is 1.11 bits per heavy atom. The van der Waals surface area contributed by atoms with Gasteiger partial charge in [-0.3, -0.25) is 0 Å². The second kappa shape index (κ2) is 5.14. The predicted molar refractivity (Wildman–Crippen MR) is 70.4 cm³/mol. The third kappa shape index (κ3) is 3.58. The van der Waals surface area contributed by atoms with E-state index in [1.54, 1.807) is 26.8 Å². The molecule has 0 unspecified atom stereocenters. The van der Waals surface area contributed by atoms with Gasteiger partial charge in [0, 0.05) is 11.6 Å². The molecule has 0 fully saturated rings. The first-order valence-corrected chi connectivity index (χ1v) is 5.95. The highest BCUT2D eigenvalue weighted by Gasteiger charge is 2.20. The van der Waals surface area contributed by atoms with Crippen molar-refractivity contribution in [3.63, 3.8) is 0 Å². The van der Waals surface area contributed by atoms with Crippen LogP contribution < -0.4 is 0 Å². The van der Waals surface area contributed by atoms with Gasteiger partial charge in [-0.15, -0.1) is 10.2 Å². The van der Waals surface area contributed by atoms with E-state index >= 15 is 0 Å².